The monoisotopic (exact) mass is 431 g/mol. The van der Waals surface area contributed by atoms with E-state index in [1.54, 1.807) is 11.6 Å². The van der Waals surface area contributed by atoms with Crippen LogP contribution in [0.2, 0.25) is 0 Å². The number of anilines is 1. The minimum atomic E-state index is -2.95. The maximum atomic E-state index is 12.4. The second kappa shape index (κ2) is 8.48. The summed E-state index contributed by atoms with van der Waals surface area (Å²) < 4.78 is 36.8. The number of aromatic nitrogens is 2. The molecule has 26 heavy (non-hydrogen) atoms. The van der Waals surface area contributed by atoms with Gasteiger partial charge in [-0.3, -0.25) is 9.48 Å². The van der Waals surface area contributed by atoms with Crippen LogP contribution in [0.5, 0.6) is 11.5 Å². The zero-order valence-corrected chi connectivity index (χ0v) is 16.4. The van der Waals surface area contributed by atoms with Crippen molar-refractivity contribution in [2.75, 3.05) is 12.4 Å². The molecule has 2 aromatic rings. The number of benzene rings is 1. The Hall–Kier alpha value is -2.16. The lowest BCUT2D eigenvalue weighted by Gasteiger charge is -2.15. The quantitative estimate of drug-likeness (QED) is 0.714. The van der Waals surface area contributed by atoms with Gasteiger partial charge in [-0.05, 0) is 41.9 Å². The van der Waals surface area contributed by atoms with E-state index in [2.05, 4.69) is 31.1 Å². The van der Waals surface area contributed by atoms with Crippen LogP contribution < -0.4 is 14.8 Å². The summed E-state index contributed by atoms with van der Waals surface area (Å²) >= 11 is 3.46. The summed E-state index contributed by atoms with van der Waals surface area (Å²) in [6, 6.07) is 4.23. The van der Waals surface area contributed by atoms with Crippen LogP contribution in [0.1, 0.15) is 18.3 Å². The number of alkyl halides is 2. The van der Waals surface area contributed by atoms with Crippen LogP contribution in [0.3, 0.4) is 0 Å². The summed E-state index contributed by atoms with van der Waals surface area (Å²) in [5.74, 6) is -0.569. The third-order valence-electron chi connectivity index (χ3n) is 3.83. The van der Waals surface area contributed by atoms with E-state index in [1.807, 2.05) is 13.8 Å². The highest BCUT2D eigenvalue weighted by atomic mass is 79.9. The van der Waals surface area contributed by atoms with Crippen molar-refractivity contribution in [2.45, 2.75) is 33.9 Å². The molecule has 6 nitrogen and oxygen atoms in total. The lowest BCUT2D eigenvalue weighted by Crippen LogP contribution is -2.25. The Kier molecular flexibility index (Phi) is 6.57. The SMILES string of the molecule is COc1cc(NC(=O)C(C)Cn2nc(C)c(Br)c2C)ccc1OC(F)F. The molecule has 1 N–H and O–H groups in total. The molecule has 0 saturated heterocycles. The van der Waals surface area contributed by atoms with Gasteiger partial charge in [0.2, 0.25) is 5.91 Å². The molecule has 0 aliphatic heterocycles. The summed E-state index contributed by atoms with van der Waals surface area (Å²) in [4.78, 5) is 12.4. The van der Waals surface area contributed by atoms with Crippen LogP contribution in [0.15, 0.2) is 22.7 Å². The number of ether oxygens (including phenoxy) is 2. The molecule has 142 valence electrons. The predicted octanol–water partition coefficient (Wildman–Crippen LogP) is 4.15. The maximum absolute atomic E-state index is 12.4. The first-order chi connectivity index (χ1) is 12.2. The van der Waals surface area contributed by atoms with Crippen LogP contribution in [0, 0.1) is 19.8 Å². The number of rotatable bonds is 7. The lowest BCUT2D eigenvalue weighted by molar-refractivity contribution is -0.119. The van der Waals surface area contributed by atoms with Crippen molar-refractivity contribution in [3.63, 3.8) is 0 Å². The number of nitrogens with one attached hydrogen (secondary N) is 1. The Bertz CT molecular complexity index is 796. The van der Waals surface area contributed by atoms with Crippen molar-refractivity contribution in [2.24, 2.45) is 5.92 Å². The van der Waals surface area contributed by atoms with E-state index in [4.69, 9.17) is 4.74 Å². The molecule has 1 aromatic carbocycles. The number of amides is 1. The van der Waals surface area contributed by atoms with Crippen LogP contribution >= 0.6 is 15.9 Å². The van der Waals surface area contributed by atoms with Gasteiger partial charge in [0.1, 0.15) is 0 Å². The van der Waals surface area contributed by atoms with Crippen LogP contribution in [-0.4, -0.2) is 29.4 Å². The molecule has 0 aliphatic carbocycles. The fraction of sp³-hybridized carbons (Fsp3) is 0.412. The van der Waals surface area contributed by atoms with E-state index in [1.165, 1.54) is 25.3 Å². The number of hydrogen-bond acceptors (Lipinski definition) is 4. The Balaban J connectivity index is 2.07. The largest absolute Gasteiger partial charge is 0.493 e. The molecule has 1 amide bonds. The molecule has 1 unspecified atom stereocenters. The van der Waals surface area contributed by atoms with E-state index in [0.29, 0.717) is 12.2 Å². The molecule has 0 spiro atoms. The van der Waals surface area contributed by atoms with E-state index < -0.39 is 6.61 Å². The van der Waals surface area contributed by atoms with Crippen molar-refractivity contribution >= 4 is 27.5 Å². The first-order valence-corrected chi connectivity index (χ1v) is 8.65. The fourth-order valence-corrected chi connectivity index (χ4v) is 2.68. The number of aryl methyl sites for hydroxylation is 1. The van der Waals surface area contributed by atoms with Crippen LogP contribution in [-0.2, 0) is 11.3 Å². The van der Waals surface area contributed by atoms with Gasteiger partial charge in [-0.25, -0.2) is 0 Å². The second-order valence-electron chi connectivity index (χ2n) is 5.80. The van der Waals surface area contributed by atoms with E-state index in [9.17, 15) is 13.6 Å². The summed E-state index contributed by atoms with van der Waals surface area (Å²) in [6.45, 7) is 3.04. The van der Waals surface area contributed by atoms with E-state index in [0.717, 1.165) is 15.9 Å². The molecule has 0 aliphatic rings. The van der Waals surface area contributed by atoms with E-state index in [-0.39, 0.29) is 23.3 Å². The molecular formula is C17H20BrF2N3O3. The molecule has 0 radical (unpaired) electrons. The third-order valence-corrected chi connectivity index (χ3v) is 4.98. The smallest absolute Gasteiger partial charge is 0.387 e. The molecule has 1 aromatic heterocycles. The van der Waals surface area contributed by atoms with Crippen molar-refractivity contribution in [1.82, 2.24) is 9.78 Å². The van der Waals surface area contributed by atoms with Crippen LogP contribution in [0.25, 0.3) is 0 Å². The Labute approximate surface area is 158 Å². The van der Waals surface area contributed by atoms with Gasteiger partial charge < -0.3 is 14.8 Å². The van der Waals surface area contributed by atoms with Crippen LogP contribution in [0.4, 0.5) is 14.5 Å². The highest BCUT2D eigenvalue weighted by Crippen LogP contribution is 2.31. The number of carbonyl (C=O) groups is 1. The summed E-state index contributed by atoms with van der Waals surface area (Å²) in [5, 5.41) is 7.13. The zero-order chi connectivity index (χ0) is 19.4. The first kappa shape index (κ1) is 20.2. The van der Waals surface area contributed by atoms with Crippen molar-refractivity contribution in [1.29, 1.82) is 0 Å². The number of nitrogens with zero attached hydrogens (tertiary/aromatic N) is 2. The van der Waals surface area contributed by atoms with Crippen molar-refractivity contribution in [3.8, 4) is 11.5 Å². The third kappa shape index (κ3) is 4.72. The standard InChI is InChI=1S/C17H20BrF2N3O3/c1-9(8-23-11(3)15(18)10(2)22-23)16(24)21-12-5-6-13(26-17(19)20)14(7-12)25-4/h5-7,9,17H,8H2,1-4H3,(H,21,24). The van der Waals surface area contributed by atoms with Gasteiger partial charge in [0, 0.05) is 17.4 Å². The number of hydrogen-bond donors (Lipinski definition) is 1. The number of halogens is 3. The Morgan fingerprint density at radius 2 is 2.04 bits per heavy atom. The van der Waals surface area contributed by atoms with Crippen molar-refractivity contribution in [3.05, 3.63) is 34.1 Å². The van der Waals surface area contributed by atoms with Gasteiger partial charge in [-0.15, -0.1) is 0 Å². The second-order valence-corrected chi connectivity index (χ2v) is 6.59. The zero-order valence-electron chi connectivity index (χ0n) is 14.8. The summed E-state index contributed by atoms with van der Waals surface area (Å²) in [5.41, 5.74) is 2.22. The van der Waals surface area contributed by atoms with Gasteiger partial charge in [0.05, 0.1) is 29.7 Å². The molecule has 2 rings (SSSR count). The molecule has 0 saturated carbocycles. The predicted molar refractivity (Wildman–Crippen MR) is 96.8 cm³/mol. The minimum Gasteiger partial charge on any atom is -0.493 e. The lowest BCUT2D eigenvalue weighted by atomic mass is 10.1. The Morgan fingerprint density at radius 1 is 1.35 bits per heavy atom. The minimum absolute atomic E-state index is 0.0963. The fourth-order valence-electron chi connectivity index (χ4n) is 2.40. The molecular weight excluding hydrogens is 412 g/mol. The van der Waals surface area contributed by atoms with Gasteiger partial charge in [-0.2, -0.15) is 13.9 Å². The van der Waals surface area contributed by atoms with Gasteiger partial charge in [0.25, 0.3) is 0 Å². The van der Waals surface area contributed by atoms with Gasteiger partial charge >= 0.3 is 6.61 Å². The molecule has 0 bridgehead atoms. The maximum Gasteiger partial charge on any atom is 0.387 e. The summed E-state index contributed by atoms with van der Waals surface area (Å²) in [6.07, 6.45) is 0. The number of methoxy groups -OCH3 is 1. The average Bonchev–Trinajstić information content (AvgIpc) is 2.82. The van der Waals surface area contributed by atoms with Crippen molar-refractivity contribution < 1.29 is 23.0 Å². The highest BCUT2D eigenvalue weighted by molar-refractivity contribution is 9.10. The summed E-state index contributed by atoms with van der Waals surface area (Å²) in [7, 11) is 1.34. The van der Waals surface area contributed by atoms with E-state index >= 15 is 0 Å². The van der Waals surface area contributed by atoms with Gasteiger partial charge in [0.15, 0.2) is 11.5 Å². The van der Waals surface area contributed by atoms with Gasteiger partial charge in [-0.1, -0.05) is 6.92 Å². The number of carbonyl (C=O) groups excluding carboxylic acids is 1. The topological polar surface area (TPSA) is 65.4 Å². The molecule has 1 heterocycles. The molecule has 9 heteroatoms. The normalized spacial score (nSPS) is 12.2. The molecule has 1 atom stereocenters. The highest BCUT2D eigenvalue weighted by Gasteiger charge is 2.18. The molecule has 0 fully saturated rings. The average molecular weight is 432 g/mol. The Morgan fingerprint density at radius 3 is 2.58 bits per heavy atom. The first-order valence-electron chi connectivity index (χ1n) is 7.86.